The van der Waals surface area contributed by atoms with Gasteiger partial charge in [0.25, 0.3) is 0 Å². The number of hydrogen-bond acceptors (Lipinski definition) is 1. The quantitative estimate of drug-likeness (QED) is 0.647. The van der Waals surface area contributed by atoms with Gasteiger partial charge in [0.2, 0.25) is 0 Å². The zero-order valence-corrected chi connectivity index (χ0v) is 9.91. The van der Waals surface area contributed by atoms with E-state index in [2.05, 4.69) is 13.8 Å². The van der Waals surface area contributed by atoms with Crippen molar-refractivity contribution in [3.05, 3.63) is 30.3 Å². The van der Waals surface area contributed by atoms with Crippen LogP contribution in [0.4, 0.5) is 0 Å². The zero-order valence-electron chi connectivity index (χ0n) is 9.91. The van der Waals surface area contributed by atoms with Crippen molar-refractivity contribution in [3.63, 3.8) is 0 Å². The molecule has 1 atom stereocenters. The third-order valence-corrected chi connectivity index (χ3v) is 2.77. The molecular formula is C14H22O. The second-order valence-electron chi connectivity index (χ2n) is 4.04. The van der Waals surface area contributed by atoms with Crippen LogP contribution < -0.4 is 4.74 Å². The van der Waals surface area contributed by atoms with E-state index in [4.69, 9.17) is 4.74 Å². The lowest BCUT2D eigenvalue weighted by molar-refractivity contribution is 0.233. The van der Waals surface area contributed by atoms with Crippen molar-refractivity contribution in [2.45, 2.75) is 39.5 Å². The van der Waals surface area contributed by atoms with Crippen LogP contribution in [0.2, 0.25) is 0 Å². The number of hydrogen-bond donors (Lipinski definition) is 0. The Labute approximate surface area is 93.5 Å². The highest BCUT2D eigenvalue weighted by molar-refractivity contribution is 5.20. The van der Waals surface area contributed by atoms with Crippen molar-refractivity contribution in [3.8, 4) is 5.75 Å². The fourth-order valence-corrected chi connectivity index (χ4v) is 1.63. The molecule has 1 aromatic rings. The molecule has 0 heterocycles. The normalized spacial score (nSPS) is 12.4. The summed E-state index contributed by atoms with van der Waals surface area (Å²) in [6.45, 7) is 5.35. The predicted molar refractivity (Wildman–Crippen MR) is 65.2 cm³/mol. The van der Waals surface area contributed by atoms with Crippen LogP contribution in [0.1, 0.15) is 39.5 Å². The van der Waals surface area contributed by atoms with Crippen molar-refractivity contribution in [2.24, 2.45) is 5.92 Å². The molecular weight excluding hydrogens is 184 g/mol. The molecule has 0 radical (unpaired) electrons. The monoisotopic (exact) mass is 206 g/mol. The van der Waals surface area contributed by atoms with Gasteiger partial charge in [-0.3, -0.25) is 0 Å². The summed E-state index contributed by atoms with van der Waals surface area (Å²) >= 11 is 0. The minimum atomic E-state index is 0.713. The lowest BCUT2D eigenvalue weighted by Gasteiger charge is -2.15. The molecule has 0 saturated carbocycles. The van der Waals surface area contributed by atoms with E-state index in [9.17, 15) is 0 Å². The standard InChI is InChI=1S/C14H22O/c1-3-5-9-13(4-2)12-15-14-10-7-6-8-11-14/h6-8,10-11,13H,3-5,9,12H2,1-2H3. The maximum absolute atomic E-state index is 5.76. The predicted octanol–water partition coefficient (Wildman–Crippen LogP) is 4.28. The first-order chi connectivity index (χ1) is 7.36. The molecule has 0 aliphatic heterocycles. The fraction of sp³-hybridized carbons (Fsp3) is 0.571. The maximum Gasteiger partial charge on any atom is 0.119 e. The minimum absolute atomic E-state index is 0.713. The van der Waals surface area contributed by atoms with Crippen molar-refractivity contribution < 1.29 is 4.74 Å². The largest absolute Gasteiger partial charge is 0.493 e. The first kappa shape index (κ1) is 12.1. The molecule has 0 fully saturated rings. The van der Waals surface area contributed by atoms with E-state index < -0.39 is 0 Å². The molecule has 0 bridgehead atoms. The van der Waals surface area contributed by atoms with Crippen molar-refractivity contribution in [1.29, 1.82) is 0 Å². The Balaban J connectivity index is 2.28. The first-order valence-electron chi connectivity index (χ1n) is 6.04. The number of benzene rings is 1. The Morgan fingerprint density at radius 1 is 1.13 bits per heavy atom. The Hall–Kier alpha value is -0.980. The molecule has 0 saturated heterocycles. The summed E-state index contributed by atoms with van der Waals surface area (Å²) in [7, 11) is 0. The summed E-state index contributed by atoms with van der Waals surface area (Å²) < 4.78 is 5.76. The topological polar surface area (TPSA) is 9.23 Å². The van der Waals surface area contributed by atoms with Gasteiger partial charge < -0.3 is 4.74 Å². The summed E-state index contributed by atoms with van der Waals surface area (Å²) in [5.41, 5.74) is 0. The van der Waals surface area contributed by atoms with Crippen molar-refractivity contribution >= 4 is 0 Å². The molecule has 0 aliphatic carbocycles. The second-order valence-corrected chi connectivity index (χ2v) is 4.04. The van der Waals surface area contributed by atoms with Gasteiger partial charge in [-0.1, -0.05) is 51.3 Å². The Morgan fingerprint density at radius 3 is 2.47 bits per heavy atom. The van der Waals surface area contributed by atoms with Gasteiger partial charge in [0, 0.05) is 0 Å². The average Bonchev–Trinajstić information content (AvgIpc) is 2.31. The first-order valence-corrected chi connectivity index (χ1v) is 6.04. The SMILES string of the molecule is CCCCC(CC)COc1ccccc1. The number of ether oxygens (including phenoxy) is 1. The van der Waals surface area contributed by atoms with Crippen LogP contribution in [0.25, 0.3) is 0 Å². The van der Waals surface area contributed by atoms with E-state index in [1.54, 1.807) is 0 Å². The van der Waals surface area contributed by atoms with E-state index in [0.717, 1.165) is 12.4 Å². The van der Waals surface area contributed by atoms with E-state index in [-0.39, 0.29) is 0 Å². The molecule has 0 spiro atoms. The smallest absolute Gasteiger partial charge is 0.119 e. The average molecular weight is 206 g/mol. The van der Waals surface area contributed by atoms with E-state index in [1.165, 1.54) is 25.7 Å². The van der Waals surface area contributed by atoms with Crippen LogP contribution in [-0.2, 0) is 0 Å². The van der Waals surface area contributed by atoms with Crippen LogP contribution in [0, 0.1) is 5.92 Å². The van der Waals surface area contributed by atoms with E-state index >= 15 is 0 Å². The molecule has 1 unspecified atom stereocenters. The molecule has 0 aromatic heterocycles. The zero-order chi connectivity index (χ0) is 10.9. The maximum atomic E-state index is 5.76. The molecule has 15 heavy (non-hydrogen) atoms. The molecule has 0 aliphatic rings. The van der Waals surface area contributed by atoms with E-state index in [0.29, 0.717) is 5.92 Å². The van der Waals surface area contributed by atoms with Crippen molar-refractivity contribution in [1.82, 2.24) is 0 Å². The number of unbranched alkanes of at least 4 members (excludes halogenated alkanes) is 1. The molecule has 1 rings (SSSR count). The molecule has 1 nitrogen and oxygen atoms in total. The van der Waals surface area contributed by atoms with Gasteiger partial charge in [0.15, 0.2) is 0 Å². The summed E-state index contributed by atoms with van der Waals surface area (Å²) in [5.74, 6) is 1.71. The summed E-state index contributed by atoms with van der Waals surface area (Å²) in [6, 6.07) is 10.1. The van der Waals surface area contributed by atoms with Crippen LogP contribution in [-0.4, -0.2) is 6.61 Å². The molecule has 84 valence electrons. The Kier molecular flexibility index (Phi) is 5.91. The minimum Gasteiger partial charge on any atom is -0.493 e. The van der Waals surface area contributed by atoms with Crippen LogP contribution >= 0.6 is 0 Å². The van der Waals surface area contributed by atoms with Gasteiger partial charge in [0.1, 0.15) is 5.75 Å². The second kappa shape index (κ2) is 7.33. The number of para-hydroxylation sites is 1. The Bertz CT molecular complexity index is 243. The van der Waals surface area contributed by atoms with Gasteiger partial charge in [-0.15, -0.1) is 0 Å². The van der Waals surface area contributed by atoms with Gasteiger partial charge in [-0.2, -0.15) is 0 Å². The van der Waals surface area contributed by atoms with Gasteiger partial charge in [-0.05, 0) is 24.5 Å². The summed E-state index contributed by atoms with van der Waals surface area (Å²) in [5, 5.41) is 0. The van der Waals surface area contributed by atoms with Crippen LogP contribution in [0.15, 0.2) is 30.3 Å². The highest BCUT2D eigenvalue weighted by atomic mass is 16.5. The van der Waals surface area contributed by atoms with E-state index in [1.807, 2.05) is 30.3 Å². The third-order valence-electron chi connectivity index (χ3n) is 2.77. The number of rotatable bonds is 7. The van der Waals surface area contributed by atoms with Crippen molar-refractivity contribution in [2.75, 3.05) is 6.61 Å². The highest BCUT2D eigenvalue weighted by Crippen LogP contribution is 2.15. The summed E-state index contributed by atoms with van der Waals surface area (Å²) in [4.78, 5) is 0. The molecule has 1 heteroatoms. The van der Waals surface area contributed by atoms with Gasteiger partial charge >= 0.3 is 0 Å². The summed E-state index contributed by atoms with van der Waals surface area (Å²) in [6.07, 6.45) is 5.10. The lowest BCUT2D eigenvalue weighted by Crippen LogP contribution is -2.11. The highest BCUT2D eigenvalue weighted by Gasteiger charge is 2.06. The lowest BCUT2D eigenvalue weighted by atomic mass is 10.0. The van der Waals surface area contributed by atoms with Gasteiger partial charge in [0.05, 0.1) is 6.61 Å². The van der Waals surface area contributed by atoms with Crippen LogP contribution in [0.5, 0.6) is 5.75 Å². The Morgan fingerprint density at radius 2 is 1.87 bits per heavy atom. The molecule has 1 aromatic carbocycles. The fourth-order valence-electron chi connectivity index (χ4n) is 1.63. The van der Waals surface area contributed by atoms with Gasteiger partial charge in [-0.25, -0.2) is 0 Å². The third kappa shape index (κ3) is 4.87. The molecule has 0 amide bonds. The van der Waals surface area contributed by atoms with Crippen LogP contribution in [0.3, 0.4) is 0 Å². The molecule has 0 N–H and O–H groups in total.